The molecule has 6 nitrogen and oxygen atoms in total. The molecular formula is C71H138O6. The number of hydrogen-bond acceptors (Lipinski definition) is 6. The molecule has 6 heteroatoms. The molecule has 0 aliphatic heterocycles. The first-order valence-corrected chi connectivity index (χ1v) is 35.3. The maximum Gasteiger partial charge on any atom is 0.306 e. The van der Waals surface area contributed by atoms with Gasteiger partial charge in [0.2, 0.25) is 0 Å². The highest BCUT2D eigenvalue weighted by Gasteiger charge is 2.20. The van der Waals surface area contributed by atoms with Crippen LogP contribution >= 0.6 is 0 Å². The Morgan fingerprint density at radius 1 is 0.260 bits per heavy atom. The molecule has 0 N–H and O–H groups in total. The zero-order valence-corrected chi connectivity index (χ0v) is 53.1. The molecule has 0 saturated heterocycles. The van der Waals surface area contributed by atoms with Crippen molar-refractivity contribution in [3.63, 3.8) is 0 Å². The van der Waals surface area contributed by atoms with Crippen LogP contribution in [-0.4, -0.2) is 37.2 Å². The van der Waals surface area contributed by atoms with Gasteiger partial charge in [-0.15, -0.1) is 0 Å². The van der Waals surface area contributed by atoms with Gasteiger partial charge >= 0.3 is 17.9 Å². The van der Waals surface area contributed by atoms with Gasteiger partial charge in [-0.2, -0.15) is 0 Å². The number of carbonyl (C=O) groups excluding carboxylic acids is 3. The topological polar surface area (TPSA) is 78.9 Å². The van der Waals surface area contributed by atoms with Crippen LogP contribution in [-0.2, 0) is 28.6 Å². The van der Waals surface area contributed by atoms with Gasteiger partial charge in [0, 0.05) is 19.3 Å². The molecule has 0 saturated carbocycles. The van der Waals surface area contributed by atoms with E-state index in [-0.39, 0.29) is 31.1 Å². The average molecular weight is 1090 g/mol. The lowest BCUT2D eigenvalue weighted by Crippen LogP contribution is -2.30. The first-order valence-electron chi connectivity index (χ1n) is 35.3. The monoisotopic (exact) mass is 1090 g/mol. The summed E-state index contributed by atoms with van der Waals surface area (Å²) in [4.78, 5) is 38.4. The Bertz CT molecular complexity index is 1190. The molecular weight excluding hydrogens is 949 g/mol. The van der Waals surface area contributed by atoms with Crippen molar-refractivity contribution < 1.29 is 28.6 Å². The first kappa shape index (κ1) is 75.4. The summed E-state index contributed by atoms with van der Waals surface area (Å²) in [7, 11) is 0. The van der Waals surface area contributed by atoms with Crippen LogP contribution < -0.4 is 0 Å². The molecule has 77 heavy (non-hydrogen) atoms. The number of hydrogen-bond donors (Lipinski definition) is 0. The highest BCUT2D eigenvalue weighted by molar-refractivity contribution is 5.71. The van der Waals surface area contributed by atoms with Crippen LogP contribution in [0.1, 0.15) is 407 Å². The molecule has 0 aromatic rings. The van der Waals surface area contributed by atoms with E-state index in [0.29, 0.717) is 19.3 Å². The van der Waals surface area contributed by atoms with Crippen LogP contribution in [0.2, 0.25) is 0 Å². The van der Waals surface area contributed by atoms with Crippen LogP contribution in [0.4, 0.5) is 0 Å². The molecule has 0 spiro atoms. The molecule has 458 valence electrons. The van der Waals surface area contributed by atoms with Crippen LogP contribution in [0.15, 0.2) is 0 Å². The molecule has 3 atom stereocenters. The fourth-order valence-corrected chi connectivity index (χ4v) is 11.1. The summed E-state index contributed by atoms with van der Waals surface area (Å²) in [5.74, 6) is 0.995. The Hall–Kier alpha value is -1.59. The van der Waals surface area contributed by atoms with E-state index in [2.05, 4.69) is 34.6 Å². The maximum atomic E-state index is 13.0. The number of rotatable bonds is 65. The van der Waals surface area contributed by atoms with Gasteiger partial charge in [0.05, 0.1) is 0 Å². The Morgan fingerprint density at radius 3 is 0.675 bits per heavy atom. The van der Waals surface area contributed by atoms with E-state index < -0.39 is 6.10 Å². The summed E-state index contributed by atoms with van der Waals surface area (Å²) in [6.07, 6.45) is 72.5. The minimum atomic E-state index is -0.764. The fraction of sp³-hybridized carbons (Fsp3) is 0.958. The van der Waals surface area contributed by atoms with Crippen molar-refractivity contribution in [2.24, 2.45) is 11.8 Å². The fourth-order valence-electron chi connectivity index (χ4n) is 11.1. The Balaban J connectivity index is 4.25. The minimum Gasteiger partial charge on any atom is -0.462 e. The first-order chi connectivity index (χ1) is 37.8. The second kappa shape index (κ2) is 63.6. The summed E-state index contributed by atoms with van der Waals surface area (Å²) < 4.78 is 17.0. The zero-order valence-electron chi connectivity index (χ0n) is 53.1. The van der Waals surface area contributed by atoms with E-state index in [9.17, 15) is 14.4 Å². The lowest BCUT2D eigenvalue weighted by atomic mass is 9.99. The van der Waals surface area contributed by atoms with Gasteiger partial charge in [-0.25, -0.2) is 0 Å². The van der Waals surface area contributed by atoms with Gasteiger partial charge in [-0.05, 0) is 31.1 Å². The zero-order chi connectivity index (χ0) is 56.0. The summed E-state index contributed by atoms with van der Waals surface area (Å²) in [6, 6.07) is 0. The summed E-state index contributed by atoms with van der Waals surface area (Å²) >= 11 is 0. The average Bonchev–Trinajstić information content (AvgIpc) is 3.43. The third-order valence-electron chi connectivity index (χ3n) is 17.2. The van der Waals surface area contributed by atoms with E-state index >= 15 is 0 Å². The second-order valence-electron chi connectivity index (χ2n) is 25.0. The van der Waals surface area contributed by atoms with Gasteiger partial charge < -0.3 is 14.2 Å². The Labute approximate surface area is 482 Å². The third kappa shape index (κ3) is 61.9. The third-order valence-corrected chi connectivity index (χ3v) is 17.2. The van der Waals surface area contributed by atoms with E-state index in [0.717, 1.165) is 69.6 Å². The molecule has 0 fully saturated rings. The highest BCUT2D eigenvalue weighted by Crippen LogP contribution is 2.20. The van der Waals surface area contributed by atoms with Crippen molar-refractivity contribution >= 4 is 17.9 Å². The Kier molecular flexibility index (Phi) is 62.3. The van der Waals surface area contributed by atoms with Crippen molar-refractivity contribution in [1.82, 2.24) is 0 Å². The molecule has 0 radical (unpaired) electrons. The predicted molar refractivity (Wildman–Crippen MR) is 335 cm³/mol. The van der Waals surface area contributed by atoms with Gasteiger partial charge in [0.1, 0.15) is 13.2 Å². The quantitative estimate of drug-likeness (QED) is 0.0343. The molecule has 0 aliphatic rings. The van der Waals surface area contributed by atoms with Crippen LogP contribution in [0.3, 0.4) is 0 Å². The minimum absolute atomic E-state index is 0.0611. The summed E-state index contributed by atoms with van der Waals surface area (Å²) in [6.45, 7) is 11.6. The van der Waals surface area contributed by atoms with E-state index in [1.807, 2.05) is 0 Å². The highest BCUT2D eigenvalue weighted by atomic mass is 16.6. The maximum absolute atomic E-state index is 13.0. The molecule has 0 heterocycles. The van der Waals surface area contributed by atoms with Crippen molar-refractivity contribution in [2.45, 2.75) is 413 Å². The molecule has 2 unspecified atom stereocenters. The van der Waals surface area contributed by atoms with Crippen LogP contribution in [0, 0.1) is 11.8 Å². The number of carbonyl (C=O) groups is 3. The number of ether oxygens (including phenoxy) is 3. The number of esters is 3. The molecule has 0 bridgehead atoms. The molecule has 0 aromatic carbocycles. The molecule has 0 amide bonds. The van der Waals surface area contributed by atoms with Crippen molar-refractivity contribution in [2.75, 3.05) is 13.2 Å². The normalized spacial score (nSPS) is 12.7. The largest absolute Gasteiger partial charge is 0.462 e. The van der Waals surface area contributed by atoms with E-state index in [4.69, 9.17) is 14.2 Å². The van der Waals surface area contributed by atoms with Crippen molar-refractivity contribution in [1.29, 1.82) is 0 Å². The Morgan fingerprint density at radius 2 is 0.455 bits per heavy atom. The van der Waals surface area contributed by atoms with Crippen LogP contribution in [0.25, 0.3) is 0 Å². The van der Waals surface area contributed by atoms with Crippen molar-refractivity contribution in [3.8, 4) is 0 Å². The van der Waals surface area contributed by atoms with Gasteiger partial charge in [-0.1, -0.05) is 369 Å². The molecule has 0 rings (SSSR count). The standard InChI is InChI=1S/C71H138O6/c1-6-9-10-11-12-13-14-15-24-31-36-41-46-51-56-61-69(72)75-64-68(77-71(74)63-58-53-48-43-38-33-28-23-19-17-21-26-30-35-40-45-50-55-60-67(5)8-3)65-76-70(73)62-57-52-47-42-37-32-27-22-18-16-20-25-29-34-39-44-49-54-59-66(4)7-2/h66-68H,6-65H2,1-5H3/t66?,67?,68-/m0/s1. The molecule has 0 aliphatic carbocycles. The predicted octanol–water partition coefficient (Wildman–Crippen LogP) is 23.9. The smallest absolute Gasteiger partial charge is 0.306 e. The summed E-state index contributed by atoms with van der Waals surface area (Å²) in [5, 5.41) is 0. The lowest BCUT2D eigenvalue weighted by Gasteiger charge is -2.18. The SMILES string of the molecule is CCCCCCCCCCCCCCCCCC(=O)OC[C@@H](COC(=O)CCCCCCCCCCCCCCCCCCCCC(C)CC)OC(=O)CCCCCCCCCCCCCCCCCCCCC(C)CC. The lowest BCUT2D eigenvalue weighted by molar-refractivity contribution is -0.167. The van der Waals surface area contributed by atoms with Gasteiger partial charge in [-0.3, -0.25) is 14.4 Å². The van der Waals surface area contributed by atoms with Gasteiger partial charge in [0.25, 0.3) is 0 Å². The van der Waals surface area contributed by atoms with E-state index in [1.165, 1.54) is 295 Å². The van der Waals surface area contributed by atoms with Crippen LogP contribution in [0.5, 0.6) is 0 Å². The molecule has 0 aromatic heterocycles. The van der Waals surface area contributed by atoms with Crippen molar-refractivity contribution in [3.05, 3.63) is 0 Å². The number of unbranched alkanes of at least 4 members (excludes halogenated alkanes) is 48. The van der Waals surface area contributed by atoms with E-state index in [1.54, 1.807) is 0 Å². The second-order valence-corrected chi connectivity index (χ2v) is 25.0. The summed E-state index contributed by atoms with van der Waals surface area (Å²) in [5.41, 5.74) is 0. The van der Waals surface area contributed by atoms with Gasteiger partial charge in [0.15, 0.2) is 6.10 Å².